The van der Waals surface area contributed by atoms with Gasteiger partial charge in [-0.05, 0) is 44.2 Å². The van der Waals surface area contributed by atoms with Crippen LogP contribution in [0.25, 0.3) is 0 Å². The molecule has 15 heavy (non-hydrogen) atoms. The summed E-state index contributed by atoms with van der Waals surface area (Å²) >= 11 is 0. The van der Waals surface area contributed by atoms with Gasteiger partial charge < -0.3 is 9.90 Å². The summed E-state index contributed by atoms with van der Waals surface area (Å²) in [5.41, 5.74) is 3.69. The number of benzene rings is 1. The van der Waals surface area contributed by atoms with Crippen LogP contribution in [0.15, 0.2) is 18.2 Å². The molecular weight excluding hydrogens is 309 g/mol. The molecule has 1 aromatic carbocycles. The van der Waals surface area contributed by atoms with Crippen LogP contribution < -0.4 is 74.0 Å². The van der Waals surface area contributed by atoms with E-state index in [1.165, 1.54) is 16.7 Å². The molecule has 1 rings (SSSR count). The number of aliphatic carboxylic acids is 1. The molecule has 2 nitrogen and oxygen atoms in total. The van der Waals surface area contributed by atoms with E-state index in [2.05, 4.69) is 18.2 Å². The third kappa shape index (κ3) is 6.14. The predicted molar refractivity (Wildman–Crippen MR) is 53.9 cm³/mol. The monoisotopic (exact) mass is 324 g/mol. The molecule has 0 amide bonds. The molecule has 3 heteroatoms. The number of carbonyl (C=O) groups excluding carboxylic acids is 1. The number of rotatable bonds is 4. The number of carboxylic acids is 1. The Labute approximate surface area is 150 Å². The summed E-state index contributed by atoms with van der Waals surface area (Å²) in [7, 11) is 0. The van der Waals surface area contributed by atoms with Crippen molar-refractivity contribution < 1.29 is 78.8 Å². The number of carboxylic acid groups (broad SMARTS) is 1. The van der Waals surface area contributed by atoms with Crippen molar-refractivity contribution in [2.45, 2.75) is 33.1 Å². The van der Waals surface area contributed by atoms with Gasteiger partial charge in [0.2, 0.25) is 0 Å². The molecule has 0 aliphatic rings. The first-order valence-corrected chi connectivity index (χ1v) is 4.85. The minimum Gasteiger partial charge on any atom is -0.550 e. The first kappa shape index (κ1) is 15.7. The number of aryl methyl sites for hydroxylation is 3. The van der Waals surface area contributed by atoms with Crippen LogP contribution >= 0.6 is 0 Å². The Morgan fingerprint density at radius 3 is 2.60 bits per heavy atom. The fraction of sp³-hybridized carbons (Fsp3) is 0.417. The molecule has 0 radical (unpaired) electrons. The van der Waals surface area contributed by atoms with Gasteiger partial charge in [0.1, 0.15) is 0 Å². The van der Waals surface area contributed by atoms with E-state index in [-0.39, 0.29) is 75.3 Å². The fourth-order valence-electron chi connectivity index (χ4n) is 1.49. The summed E-state index contributed by atoms with van der Waals surface area (Å²) in [5.74, 6) is -0.963. The second kappa shape index (κ2) is 7.93. The van der Waals surface area contributed by atoms with Gasteiger partial charge in [0.25, 0.3) is 0 Å². The predicted octanol–water partition coefficient (Wildman–Crippen LogP) is -1.62. The van der Waals surface area contributed by atoms with Crippen LogP contribution in [-0.4, -0.2) is 5.97 Å². The van der Waals surface area contributed by atoms with Crippen molar-refractivity contribution in [2.75, 3.05) is 0 Å². The Morgan fingerprint density at radius 1 is 1.33 bits per heavy atom. The van der Waals surface area contributed by atoms with Crippen LogP contribution in [0.3, 0.4) is 0 Å². The van der Waals surface area contributed by atoms with Crippen molar-refractivity contribution in [3.8, 4) is 0 Å². The van der Waals surface area contributed by atoms with E-state index in [0.717, 1.165) is 6.42 Å². The zero-order valence-corrected chi connectivity index (χ0v) is 15.9. The van der Waals surface area contributed by atoms with Gasteiger partial charge in [-0.25, -0.2) is 0 Å². The largest absolute Gasteiger partial charge is 1.00 e. The van der Waals surface area contributed by atoms with Crippen molar-refractivity contribution in [1.82, 2.24) is 0 Å². The number of carbonyl (C=O) groups is 1. The normalized spacial score (nSPS) is 9.47. The maximum atomic E-state index is 10.2. The molecule has 0 fully saturated rings. The van der Waals surface area contributed by atoms with Gasteiger partial charge in [-0.2, -0.15) is 0 Å². The van der Waals surface area contributed by atoms with E-state index in [1.54, 1.807) is 0 Å². The smallest absolute Gasteiger partial charge is 0.550 e. The Balaban J connectivity index is 0.00000196. The molecule has 0 saturated carbocycles. The fourth-order valence-corrected chi connectivity index (χ4v) is 1.49. The first-order valence-electron chi connectivity index (χ1n) is 4.85. The van der Waals surface area contributed by atoms with E-state index in [1.807, 2.05) is 13.8 Å². The van der Waals surface area contributed by atoms with Gasteiger partial charge in [0, 0.05) is 5.97 Å². The van der Waals surface area contributed by atoms with E-state index in [9.17, 15) is 9.90 Å². The Kier molecular flexibility index (Phi) is 8.32. The number of hydrogen-bond donors (Lipinski definition) is 0. The van der Waals surface area contributed by atoms with Gasteiger partial charge in [-0.15, -0.1) is 0 Å². The van der Waals surface area contributed by atoms with Crippen molar-refractivity contribution in [3.63, 3.8) is 0 Å². The van der Waals surface area contributed by atoms with Gasteiger partial charge in [0.15, 0.2) is 0 Å². The topological polar surface area (TPSA) is 40.1 Å². The molecule has 0 unspecified atom stereocenters. The third-order valence-electron chi connectivity index (χ3n) is 2.33. The number of hydrogen-bond acceptors (Lipinski definition) is 2. The Hall–Kier alpha value is 0.742. The van der Waals surface area contributed by atoms with Crippen LogP contribution in [0, 0.1) is 13.8 Å². The van der Waals surface area contributed by atoms with Crippen LogP contribution in [0.4, 0.5) is 0 Å². The van der Waals surface area contributed by atoms with Crippen molar-refractivity contribution in [2.24, 2.45) is 0 Å². The molecule has 0 spiro atoms. The SMILES string of the molecule is Cc1ccc(C)c(CCCC(=O)[O-])c1.[Cs+]. The zero-order chi connectivity index (χ0) is 10.6. The summed E-state index contributed by atoms with van der Waals surface area (Å²) in [6.07, 6.45) is 1.63. The molecule has 76 valence electrons. The molecule has 0 aliphatic carbocycles. The van der Waals surface area contributed by atoms with E-state index >= 15 is 0 Å². The molecule has 0 aromatic heterocycles. The molecule has 0 bridgehead atoms. The molecule has 1 aromatic rings. The second-order valence-corrected chi connectivity index (χ2v) is 3.66. The first-order chi connectivity index (χ1) is 6.59. The van der Waals surface area contributed by atoms with Crippen LogP contribution in [0.5, 0.6) is 0 Å². The van der Waals surface area contributed by atoms with Crippen LogP contribution in [0.1, 0.15) is 29.5 Å². The van der Waals surface area contributed by atoms with Gasteiger partial charge in [-0.1, -0.05) is 23.8 Å². The molecule has 0 atom stereocenters. The van der Waals surface area contributed by atoms with Crippen molar-refractivity contribution >= 4 is 5.97 Å². The zero-order valence-electron chi connectivity index (χ0n) is 9.67. The third-order valence-corrected chi connectivity index (χ3v) is 2.33. The Morgan fingerprint density at radius 2 is 2.00 bits per heavy atom. The van der Waals surface area contributed by atoms with Crippen LogP contribution in [-0.2, 0) is 11.2 Å². The van der Waals surface area contributed by atoms with Crippen LogP contribution in [0.2, 0.25) is 0 Å². The van der Waals surface area contributed by atoms with E-state index in [4.69, 9.17) is 0 Å². The van der Waals surface area contributed by atoms with Gasteiger partial charge in [-0.3, -0.25) is 0 Å². The van der Waals surface area contributed by atoms with Crippen molar-refractivity contribution in [1.29, 1.82) is 0 Å². The van der Waals surface area contributed by atoms with E-state index < -0.39 is 5.97 Å². The van der Waals surface area contributed by atoms with Gasteiger partial charge in [0.05, 0.1) is 0 Å². The summed E-state index contributed by atoms with van der Waals surface area (Å²) in [5, 5.41) is 10.2. The summed E-state index contributed by atoms with van der Waals surface area (Å²) in [6.45, 7) is 4.09. The summed E-state index contributed by atoms with van der Waals surface area (Å²) in [4.78, 5) is 10.2. The molecule has 0 N–H and O–H groups in total. The molecule has 0 saturated heterocycles. The maximum absolute atomic E-state index is 10.2. The average Bonchev–Trinajstić information content (AvgIpc) is 2.10. The standard InChI is InChI=1S/C12H16O2.Cs/c1-9-6-7-10(2)11(8-9)4-3-5-12(13)14;/h6-8H,3-5H2,1-2H3,(H,13,14);/q;+1/p-1. The summed E-state index contributed by atoms with van der Waals surface area (Å²) in [6, 6.07) is 6.26. The quantitative estimate of drug-likeness (QED) is 0.668. The Bertz CT molecular complexity index is 334. The second-order valence-electron chi connectivity index (χ2n) is 3.66. The molecular formula is C12H15CsO2. The molecule has 0 aliphatic heterocycles. The van der Waals surface area contributed by atoms with Crippen molar-refractivity contribution in [3.05, 3.63) is 34.9 Å². The summed E-state index contributed by atoms with van der Waals surface area (Å²) < 4.78 is 0. The average molecular weight is 324 g/mol. The van der Waals surface area contributed by atoms with Gasteiger partial charge >= 0.3 is 68.9 Å². The van der Waals surface area contributed by atoms with E-state index in [0.29, 0.717) is 6.42 Å². The minimum atomic E-state index is -0.963. The maximum Gasteiger partial charge on any atom is 1.00 e. The minimum absolute atomic E-state index is 0. The molecule has 0 heterocycles.